The summed E-state index contributed by atoms with van der Waals surface area (Å²) in [4.78, 5) is 10.8. The molecule has 14 heavy (non-hydrogen) atoms. The van der Waals surface area contributed by atoms with E-state index in [9.17, 15) is 4.79 Å². The average Bonchev–Trinajstić information content (AvgIpc) is 2.27. The van der Waals surface area contributed by atoms with Crippen LogP contribution in [0.4, 0.5) is 0 Å². The van der Waals surface area contributed by atoms with Gasteiger partial charge in [-0.3, -0.25) is 4.79 Å². The fourth-order valence-electron chi connectivity index (χ4n) is 1.33. The fourth-order valence-corrected chi connectivity index (χ4v) is 1.33. The highest BCUT2D eigenvalue weighted by Gasteiger charge is 2.09. The number of rotatable bonds is 4. The highest BCUT2D eigenvalue weighted by Crippen LogP contribution is 2.22. The van der Waals surface area contributed by atoms with Crippen LogP contribution in [0.2, 0.25) is 0 Å². The van der Waals surface area contributed by atoms with Crippen LogP contribution in [0, 0.1) is 0 Å². The summed E-state index contributed by atoms with van der Waals surface area (Å²) < 4.78 is 5.00. The Morgan fingerprint density at radius 1 is 1.57 bits per heavy atom. The van der Waals surface area contributed by atoms with Crippen molar-refractivity contribution in [3.8, 4) is 5.75 Å². The molecule has 1 N–H and O–H groups in total. The molecule has 3 heteroatoms. The molecule has 0 aliphatic rings. The van der Waals surface area contributed by atoms with E-state index in [1.54, 1.807) is 19.2 Å². The molecule has 0 amide bonds. The van der Waals surface area contributed by atoms with Crippen molar-refractivity contribution in [3.63, 3.8) is 0 Å². The molecule has 0 heterocycles. The Morgan fingerprint density at radius 3 is 2.79 bits per heavy atom. The average molecular weight is 194 g/mol. The Balaban J connectivity index is 3.11. The molecule has 3 nitrogen and oxygen atoms in total. The number of benzene rings is 1. The summed E-state index contributed by atoms with van der Waals surface area (Å²) in [6.07, 6.45) is 0.782. The van der Waals surface area contributed by atoms with Crippen molar-refractivity contribution in [3.05, 3.63) is 29.3 Å². The maximum atomic E-state index is 10.8. The summed E-state index contributed by atoms with van der Waals surface area (Å²) in [6.45, 7) is 1.90. The van der Waals surface area contributed by atoms with Gasteiger partial charge in [0.05, 0.1) is 7.11 Å². The summed E-state index contributed by atoms with van der Waals surface area (Å²) >= 11 is 0. The van der Waals surface area contributed by atoms with E-state index in [0.29, 0.717) is 11.3 Å². The van der Waals surface area contributed by atoms with Gasteiger partial charge >= 0.3 is 0 Å². The van der Waals surface area contributed by atoms with E-state index in [4.69, 9.17) is 9.84 Å². The monoisotopic (exact) mass is 194 g/mol. The molecule has 0 saturated heterocycles. The molecule has 1 unspecified atom stereocenters. The second kappa shape index (κ2) is 4.77. The van der Waals surface area contributed by atoms with Crippen LogP contribution in [0.3, 0.4) is 0 Å². The minimum Gasteiger partial charge on any atom is -0.497 e. The van der Waals surface area contributed by atoms with Gasteiger partial charge in [-0.05, 0) is 17.7 Å². The largest absolute Gasteiger partial charge is 0.497 e. The number of carbonyl (C=O) groups excluding carboxylic acids is 1. The number of carbonyl (C=O) groups is 1. The van der Waals surface area contributed by atoms with Crippen LogP contribution in [-0.4, -0.2) is 25.1 Å². The maximum Gasteiger partial charge on any atom is 0.150 e. The van der Waals surface area contributed by atoms with Crippen molar-refractivity contribution >= 4 is 6.29 Å². The first-order chi connectivity index (χ1) is 6.72. The number of ether oxygens (including phenoxy) is 1. The Morgan fingerprint density at radius 2 is 2.29 bits per heavy atom. The van der Waals surface area contributed by atoms with Gasteiger partial charge in [0.15, 0.2) is 0 Å². The van der Waals surface area contributed by atoms with Crippen LogP contribution < -0.4 is 4.74 Å². The van der Waals surface area contributed by atoms with E-state index in [-0.39, 0.29) is 12.5 Å². The smallest absolute Gasteiger partial charge is 0.150 e. The van der Waals surface area contributed by atoms with Crippen LogP contribution >= 0.6 is 0 Å². The number of hydrogen-bond donors (Lipinski definition) is 1. The minimum absolute atomic E-state index is 0.0268. The normalized spacial score (nSPS) is 12.2. The Bertz CT molecular complexity index is 320. The van der Waals surface area contributed by atoms with Crippen molar-refractivity contribution in [1.29, 1.82) is 0 Å². The van der Waals surface area contributed by atoms with Gasteiger partial charge in [-0.2, -0.15) is 0 Å². The SMILES string of the molecule is COc1ccc(C(C)CO)c(C=O)c1. The highest BCUT2D eigenvalue weighted by atomic mass is 16.5. The molecule has 1 aromatic rings. The lowest BCUT2D eigenvalue weighted by atomic mass is 9.97. The van der Waals surface area contributed by atoms with Gasteiger partial charge in [-0.15, -0.1) is 0 Å². The third-order valence-electron chi connectivity index (χ3n) is 2.23. The molecule has 1 rings (SSSR count). The lowest BCUT2D eigenvalue weighted by molar-refractivity contribution is 0.112. The Labute approximate surface area is 83.3 Å². The zero-order chi connectivity index (χ0) is 10.6. The van der Waals surface area contributed by atoms with Crippen LogP contribution in [-0.2, 0) is 0 Å². The fraction of sp³-hybridized carbons (Fsp3) is 0.364. The van der Waals surface area contributed by atoms with Crippen molar-refractivity contribution < 1.29 is 14.6 Å². The van der Waals surface area contributed by atoms with E-state index >= 15 is 0 Å². The van der Waals surface area contributed by atoms with Gasteiger partial charge in [-0.1, -0.05) is 13.0 Å². The van der Waals surface area contributed by atoms with Crippen LogP contribution in [0.15, 0.2) is 18.2 Å². The number of hydrogen-bond acceptors (Lipinski definition) is 3. The topological polar surface area (TPSA) is 46.5 Å². The first-order valence-electron chi connectivity index (χ1n) is 4.47. The maximum absolute atomic E-state index is 10.8. The van der Waals surface area contributed by atoms with Crippen molar-refractivity contribution in [1.82, 2.24) is 0 Å². The number of methoxy groups -OCH3 is 1. The van der Waals surface area contributed by atoms with E-state index in [2.05, 4.69) is 0 Å². The first kappa shape index (κ1) is 10.7. The van der Waals surface area contributed by atoms with E-state index in [1.165, 1.54) is 0 Å². The predicted molar refractivity (Wildman–Crippen MR) is 53.9 cm³/mol. The third kappa shape index (κ3) is 2.12. The summed E-state index contributed by atoms with van der Waals surface area (Å²) in [5.41, 5.74) is 1.43. The first-order valence-corrected chi connectivity index (χ1v) is 4.47. The standard InChI is InChI=1S/C11H14O3/c1-8(6-12)11-4-3-10(14-2)5-9(11)7-13/h3-5,7-8,12H,6H2,1-2H3. The predicted octanol–water partition coefficient (Wildman–Crippen LogP) is 1.60. The van der Waals surface area contributed by atoms with Gasteiger partial charge in [0.25, 0.3) is 0 Å². The molecule has 0 fully saturated rings. The van der Waals surface area contributed by atoms with Gasteiger partial charge in [-0.25, -0.2) is 0 Å². The molecule has 0 radical (unpaired) electrons. The number of aliphatic hydroxyl groups excluding tert-OH is 1. The van der Waals surface area contributed by atoms with Crippen molar-refractivity contribution in [2.75, 3.05) is 13.7 Å². The lowest BCUT2D eigenvalue weighted by Crippen LogP contribution is -2.03. The van der Waals surface area contributed by atoms with Crippen LogP contribution in [0.5, 0.6) is 5.75 Å². The number of aldehydes is 1. The van der Waals surface area contributed by atoms with E-state index in [0.717, 1.165) is 11.8 Å². The number of aliphatic hydroxyl groups is 1. The van der Waals surface area contributed by atoms with Crippen LogP contribution in [0.1, 0.15) is 28.8 Å². The quantitative estimate of drug-likeness (QED) is 0.740. The zero-order valence-corrected chi connectivity index (χ0v) is 8.36. The second-order valence-electron chi connectivity index (χ2n) is 3.20. The third-order valence-corrected chi connectivity index (χ3v) is 2.23. The minimum atomic E-state index is -0.0268. The molecular formula is C11H14O3. The molecule has 0 saturated carbocycles. The van der Waals surface area contributed by atoms with Gasteiger partial charge in [0.2, 0.25) is 0 Å². The van der Waals surface area contributed by atoms with E-state index in [1.807, 2.05) is 13.0 Å². The second-order valence-corrected chi connectivity index (χ2v) is 3.20. The summed E-state index contributed by atoms with van der Waals surface area (Å²) in [5.74, 6) is 0.627. The van der Waals surface area contributed by atoms with Gasteiger partial charge < -0.3 is 9.84 Å². The van der Waals surface area contributed by atoms with Gasteiger partial charge in [0.1, 0.15) is 12.0 Å². The molecule has 1 aromatic carbocycles. The summed E-state index contributed by atoms with van der Waals surface area (Å²) in [7, 11) is 1.55. The van der Waals surface area contributed by atoms with Crippen molar-refractivity contribution in [2.45, 2.75) is 12.8 Å². The molecule has 0 aliphatic carbocycles. The van der Waals surface area contributed by atoms with E-state index < -0.39 is 0 Å². The molecule has 76 valence electrons. The summed E-state index contributed by atoms with van der Waals surface area (Å²) in [5, 5.41) is 8.99. The molecule has 0 aromatic heterocycles. The molecular weight excluding hydrogens is 180 g/mol. The van der Waals surface area contributed by atoms with Crippen molar-refractivity contribution in [2.24, 2.45) is 0 Å². The van der Waals surface area contributed by atoms with Crippen LogP contribution in [0.25, 0.3) is 0 Å². The van der Waals surface area contributed by atoms with Gasteiger partial charge in [0, 0.05) is 18.1 Å². The lowest BCUT2D eigenvalue weighted by Gasteiger charge is -2.11. The zero-order valence-electron chi connectivity index (χ0n) is 8.36. The highest BCUT2D eigenvalue weighted by molar-refractivity contribution is 5.78. The molecule has 0 aliphatic heterocycles. The molecule has 0 bridgehead atoms. The summed E-state index contributed by atoms with van der Waals surface area (Å²) in [6, 6.07) is 5.27. The Hall–Kier alpha value is -1.35. The molecule has 0 spiro atoms. The molecule has 1 atom stereocenters. The Kier molecular flexibility index (Phi) is 3.65.